The number of amides is 2. The van der Waals surface area contributed by atoms with Gasteiger partial charge in [-0.25, -0.2) is 5.43 Å². The van der Waals surface area contributed by atoms with Gasteiger partial charge in [-0.2, -0.15) is 5.10 Å². The SMILES string of the molecule is C=CCc1cc(C=NNC(=O)CC(=O)Nc2ccccc2Cl)cc(OCC)c1OCc1ccc(C)cc1. The zero-order chi connectivity index (χ0) is 26.6. The quantitative estimate of drug-likeness (QED) is 0.136. The van der Waals surface area contributed by atoms with E-state index in [1.54, 1.807) is 36.4 Å². The minimum Gasteiger partial charge on any atom is -0.490 e. The number of rotatable bonds is 12. The number of halogens is 1. The van der Waals surface area contributed by atoms with Gasteiger partial charge in [0.2, 0.25) is 11.8 Å². The predicted molar refractivity (Wildman–Crippen MR) is 147 cm³/mol. The fraction of sp³-hybridized carbons (Fsp3) is 0.207. The van der Waals surface area contributed by atoms with Gasteiger partial charge in [-0.15, -0.1) is 6.58 Å². The van der Waals surface area contributed by atoms with Gasteiger partial charge >= 0.3 is 0 Å². The van der Waals surface area contributed by atoms with Gasteiger partial charge in [0.1, 0.15) is 13.0 Å². The average molecular weight is 520 g/mol. The second-order valence-corrected chi connectivity index (χ2v) is 8.61. The Hall–Kier alpha value is -4.10. The molecule has 0 aliphatic carbocycles. The van der Waals surface area contributed by atoms with Crippen LogP contribution in [-0.2, 0) is 22.6 Å². The van der Waals surface area contributed by atoms with E-state index in [2.05, 4.69) is 22.4 Å². The van der Waals surface area contributed by atoms with Crippen LogP contribution < -0.4 is 20.2 Å². The van der Waals surface area contributed by atoms with E-state index in [-0.39, 0.29) is 0 Å². The van der Waals surface area contributed by atoms with Gasteiger partial charge in [0.15, 0.2) is 11.5 Å². The number of allylic oxidation sites excluding steroid dienone is 1. The summed E-state index contributed by atoms with van der Waals surface area (Å²) in [5, 5.41) is 6.99. The van der Waals surface area contributed by atoms with Crippen LogP contribution in [0, 0.1) is 6.92 Å². The molecular weight excluding hydrogens is 490 g/mol. The van der Waals surface area contributed by atoms with Crippen LogP contribution in [0.4, 0.5) is 5.69 Å². The molecule has 0 aromatic heterocycles. The molecule has 3 rings (SSSR count). The maximum Gasteiger partial charge on any atom is 0.249 e. The summed E-state index contributed by atoms with van der Waals surface area (Å²) in [6, 6.07) is 18.6. The number of nitrogens with zero attached hydrogens (tertiary/aromatic N) is 1. The number of para-hydroxylation sites is 1. The van der Waals surface area contributed by atoms with E-state index in [9.17, 15) is 9.59 Å². The lowest BCUT2D eigenvalue weighted by molar-refractivity contribution is -0.126. The Balaban J connectivity index is 1.67. The summed E-state index contributed by atoms with van der Waals surface area (Å²) < 4.78 is 12.0. The van der Waals surface area contributed by atoms with Gasteiger partial charge in [-0.05, 0) is 55.7 Å². The first-order valence-corrected chi connectivity index (χ1v) is 12.2. The molecule has 0 fully saturated rings. The summed E-state index contributed by atoms with van der Waals surface area (Å²) in [5.41, 5.74) is 6.62. The van der Waals surface area contributed by atoms with Crippen molar-refractivity contribution in [3.63, 3.8) is 0 Å². The molecule has 0 saturated heterocycles. The van der Waals surface area contributed by atoms with Gasteiger partial charge in [0.05, 0.1) is 23.5 Å². The van der Waals surface area contributed by atoms with Crippen molar-refractivity contribution in [2.24, 2.45) is 5.10 Å². The number of hydrogen-bond acceptors (Lipinski definition) is 5. The number of benzene rings is 3. The minimum atomic E-state index is -0.560. The number of aryl methyl sites for hydroxylation is 1. The number of hydrogen-bond donors (Lipinski definition) is 2. The van der Waals surface area contributed by atoms with Crippen LogP contribution in [0.5, 0.6) is 11.5 Å². The number of hydrazone groups is 1. The maximum absolute atomic E-state index is 12.2. The second-order valence-electron chi connectivity index (χ2n) is 8.21. The highest BCUT2D eigenvalue weighted by Crippen LogP contribution is 2.34. The van der Waals surface area contributed by atoms with E-state index in [4.69, 9.17) is 21.1 Å². The number of nitrogens with one attached hydrogen (secondary N) is 2. The number of anilines is 1. The largest absolute Gasteiger partial charge is 0.490 e. The fourth-order valence-corrected chi connectivity index (χ4v) is 3.64. The molecule has 3 aromatic rings. The Bertz CT molecular complexity index is 1270. The summed E-state index contributed by atoms with van der Waals surface area (Å²) >= 11 is 6.03. The van der Waals surface area contributed by atoms with E-state index in [0.29, 0.717) is 47.4 Å². The zero-order valence-corrected chi connectivity index (χ0v) is 21.7. The second kappa shape index (κ2) is 13.8. The van der Waals surface area contributed by atoms with Crippen molar-refractivity contribution in [3.05, 3.63) is 101 Å². The normalized spacial score (nSPS) is 10.7. The van der Waals surface area contributed by atoms with Crippen molar-refractivity contribution in [3.8, 4) is 11.5 Å². The third-order valence-electron chi connectivity index (χ3n) is 5.19. The molecule has 0 spiro atoms. The lowest BCUT2D eigenvalue weighted by Crippen LogP contribution is -2.24. The van der Waals surface area contributed by atoms with Gasteiger partial charge < -0.3 is 14.8 Å². The molecule has 3 aromatic carbocycles. The Morgan fingerprint density at radius 1 is 1.05 bits per heavy atom. The van der Waals surface area contributed by atoms with Crippen LogP contribution >= 0.6 is 11.6 Å². The molecule has 0 radical (unpaired) electrons. The Labute approximate surface area is 222 Å². The van der Waals surface area contributed by atoms with Crippen LogP contribution in [0.1, 0.15) is 35.6 Å². The summed E-state index contributed by atoms with van der Waals surface area (Å²) in [6.45, 7) is 8.62. The number of carbonyl (C=O) groups is 2. The van der Waals surface area contributed by atoms with Crippen molar-refractivity contribution in [1.82, 2.24) is 5.43 Å². The lowest BCUT2D eigenvalue weighted by Gasteiger charge is -2.17. The van der Waals surface area contributed by atoms with Crippen LogP contribution in [-0.4, -0.2) is 24.6 Å². The molecule has 0 atom stereocenters. The fourth-order valence-electron chi connectivity index (χ4n) is 3.45. The van der Waals surface area contributed by atoms with Crippen molar-refractivity contribution in [2.75, 3.05) is 11.9 Å². The third-order valence-corrected chi connectivity index (χ3v) is 5.52. The molecule has 2 amide bonds. The lowest BCUT2D eigenvalue weighted by atomic mass is 10.1. The van der Waals surface area contributed by atoms with E-state index in [1.165, 1.54) is 11.8 Å². The predicted octanol–water partition coefficient (Wildman–Crippen LogP) is 5.83. The van der Waals surface area contributed by atoms with Crippen LogP contribution in [0.25, 0.3) is 0 Å². The third kappa shape index (κ3) is 8.51. The van der Waals surface area contributed by atoms with E-state index in [1.807, 2.05) is 44.2 Å². The highest BCUT2D eigenvalue weighted by molar-refractivity contribution is 6.33. The molecule has 0 heterocycles. The number of carbonyl (C=O) groups excluding carboxylic acids is 2. The molecule has 0 unspecified atom stereocenters. The molecule has 0 bridgehead atoms. The monoisotopic (exact) mass is 519 g/mol. The Morgan fingerprint density at radius 2 is 1.81 bits per heavy atom. The first kappa shape index (κ1) is 27.5. The molecule has 37 heavy (non-hydrogen) atoms. The first-order valence-electron chi connectivity index (χ1n) is 11.8. The Kier molecular flexibility index (Phi) is 10.3. The maximum atomic E-state index is 12.2. The minimum absolute atomic E-state index is 0.390. The zero-order valence-electron chi connectivity index (χ0n) is 20.9. The molecule has 0 aliphatic heterocycles. The number of ether oxygens (including phenoxy) is 2. The van der Waals surface area contributed by atoms with Crippen LogP contribution in [0.15, 0.2) is 78.4 Å². The smallest absolute Gasteiger partial charge is 0.249 e. The van der Waals surface area contributed by atoms with Crippen LogP contribution in [0.3, 0.4) is 0 Å². The van der Waals surface area contributed by atoms with Gasteiger partial charge in [-0.3, -0.25) is 9.59 Å². The van der Waals surface area contributed by atoms with Gasteiger partial charge in [-0.1, -0.05) is 59.6 Å². The highest BCUT2D eigenvalue weighted by atomic mass is 35.5. The molecule has 192 valence electrons. The highest BCUT2D eigenvalue weighted by Gasteiger charge is 2.14. The molecule has 2 N–H and O–H groups in total. The van der Waals surface area contributed by atoms with Crippen LogP contribution in [0.2, 0.25) is 5.02 Å². The Morgan fingerprint density at radius 3 is 2.51 bits per heavy atom. The van der Waals surface area contributed by atoms with Gasteiger partial charge in [0, 0.05) is 5.56 Å². The molecular formula is C29H30ClN3O4. The topological polar surface area (TPSA) is 89.0 Å². The molecule has 0 aliphatic rings. The van der Waals surface area contributed by atoms with E-state index >= 15 is 0 Å². The standard InChI is InChI=1S/C29H30ClN3O4/c1-4-8-23-15-22(16-26(36-5-2)29(23)37-19-21-13-11-20(3)12-14-21)18-31-33-28(35)17-27(34)32-25-10-7-6-9-24(25)30/h4,6-7,9-16,18H,1,5,8,17,19H2,2-3H3,(H,32,34)(H,33,35). The summed E-state index contributed by atoms with van der Waals surface area (Å²) in [5.74, 6) is 0.151. The summed E-state index contributed by atoms with van der Waals surface area (Å²) in [7, 11) is 0. The molecule has 7 nitrogen and oxygen atoms in total. The van der Waals surface area contributed by atoms with E-state index < -0.39 is 18.2 Å². The van der Waals surface area contributed by atoms with E-state index in [0.717, 1.165) is 11.1 Å². The van der Waals surface area contributed by atoms with Crippen molar-refractivity contribution < 1.29 is 19.1 Å². The summed E-state index contributed by atoms with van der Waals surface area (Å²) in [4.78, 5) is 24.3. The van der Waals surface area contributed by atoms with Crippen molar-refractivity contribution >= 4 is 35.3 Å². The van der Waals surface area contributed by atoms with Gasteiger partial charge in [0.25, 0.3) is 0 Å². The van der Waals surface area contributed by atoms with Crippen molar-refractivity contribution in [2.45, 2.75) is 33.3 Å². The first-order chi connectivity index (χ1) is 17.9. The summed E-state index contributed by atoms with van der Waals surface area (Å²) in [6.07, 6.45) is 3.42. The molecule has 0 saturated carbocycles. The molecule has 8 heteroatoms. The average Bonchev–Trinajstić information content (AvgIpc) is 2.86. The van der Waals surface area contributed by atoms with Crippen molar-refractivity contribution in [1.29, 1.82) is 0 Å².